The first-order chi connectivity index (χ1) is 11.7. The monoisotopic (exact) mass is 337 g/mol. The van der Waals surface area contributed by atoms with Crippen molar-refractivity contribution in [3.05, 3.63) is 35.6 Å². The molecular weight excluding hydrogens is 309 g/mol. The van der Waals surface area contributed by atoms with Crippen LogP contribution in [0.1, 0.15) is 25.3 Å². The minimum Gasteiger partial charge on any atom is -0.382 e. The lowest BCUT2D eigenvalue weighted by molar-refractivity contribution is 0.0733. The molecule has 0 aliphatic heterocycles. The van der Waals surface area contributed by atoms with E-state index in [1.54, 1.807) is 19.2 Å². The van der Waals surface area contributed by atoms with Crippen LogP contribution in [0.3, 0.4) is 0 Å². The summed E-state index contributed by atoms with van der Waals surface area (Å²) < 4.78 is 23.8. The van der Waals surface area contributed by atoms with Crippen LogP contribution in [0.5, 0.6) is 0 Å². The van der Waals surface area contributed by atoms with Crippen LogP contribution in [0.4, 0.5) is 4.39 Å². The Morgan fingerprint density at radius 3 is 2.75 bits per heavy atom. The molecule has 1 aliphatic carbocycles. The summed E-state index contributed by atoms with van der Waals surface area (Å²) in [6.07, 6.45) is 2.11. The number of nitrogens with one attached hydrogen (secondary N) is 2. The molecule has 5 nitrogen and oxygen atoms in total. The maximum absolute atomic E-state index is 13.5. The van der Waals surface area contributed by atoms with E-state index in [2.05, 4.69) is 15.6 Å². The summed E-state index contributed by atoms with van der Waals surface area (Å²) in [4.78, 5) is 4.68. The third-order valence-electron chi connectivity index (χ3n) is 4.15. The fourth-order valence-corrected chi connectivity index (χ4v) is 2.57. The maximum Gasteiger partial charge on any atom is 0.191 e. The van der Waals surface area contributed by atoms with Crippen molar-refractivity contribution in [1.82, 2.24) is 10.6 Å². The second-order valence-corrected chi connectivity index (χ2v) is 6.02. The summed E-state index contributed by atoms with van der Waals surface area (Å²) in [6.45, 7) is 5.97. The van der Waals surface area contributed by atoms with Gasteiger partial charge in [0.15, 0.2) is 5.96 Å². The van der Waals surface area contributed by atoms with Crippen LogP contribution in [-0.4, -0.2) is 52.5 Å². The third kappa shape index (κ3) is 5.76. The van der Waals surface area contributed by atoms with Gasteiger partial charge in [-0.15, -0.1) is 0 Å². The highest BCUT2D eigenvalue weighted by Gasteiger charge is 2.44. The van der Waals surface area contributed by atoms with Gasteiger partial charge in [-0.3, -0.25) is 4.99 Å². The van der Waals surface area contributed by atoms with Crippen molar-refractivity contribution >= 4 is 5.96 Å². The van der Waals surface area contributed by atoms with Crippen LogP contribution in [-0.2, 0) is 14.9 Å². The molecule has 0 bridgehead atoms. The average molecular weight is 337 g/mol. The first-order valence-corrected chi connectivity index (χ1v) is 8.55. The van der Waals surface area contributed by atoms with Gasteiger partial charge in [-0.25, -0.2) is 4.39 Å². The SMILES string of the molecule is CCNC(=NCC1(c2cccc(F)c2)CC1)NCCOCCOC. The number of nitrogens with zero attached hydrogens (tertiary/aromatic N) is 1. The van der Waals surface area contributed by atoms with Gasteiger partial charge in [0, 0.05) is 25.6 Å². The van der Waals surface area contributed by atoms with E-state index < -0.39 is 0 Å². The molecule has 1 aromatic carbocycles. The molecule has 0 unspecified atom stereocenters. The van der Waals surface area contributed by atoms with E-state index in [0.29, 0.717) is 32.9 Å². The van der Waals surface area contributed by atoms with Crippen LogP contribution in [0, 0.1) is 5.82 Å². The molecule has 2 rings (SSSR count). The van der Waals surface area contributed by atoms with Gasteiger partial charge in [0.25, 0.3) is 0 Å². The van der Waals surface area contributed by atoms with E-state index in [1.165, 1.54) is 6.07 Å². The van der Waals surface area contributed by atoms with Crippen molar-refractivity contribution in [3.8, 4) is 0 Å². The van der Waals surface area contributed by atoms with Gasteiger partial charge in [0.2, 0.25) is 0 Å². The highest BCUT2D eigenvalue weighted by atomic mass is 19.1. The minimum atomic E-state index is -0.180. The quantitative estimate of drug-likeness (QED) is 0.390. The van der Waals surface area contributed by atoms with Crippen molar-refractivity contribution in [2.75, 3.05) is 46.6 Å². The lowest BCUT2D eigenvalue weighted by atomic mass is 9.96. The standard InChI is InChI=1S/C18H28FN3O2/c1-3-20-17(21-9-10-24-12-11-23-2)22-14-18(7-8-18)15-5-4-6-16(19)13-15/h4-6,13H,3,7-12,14H2,1-2H3,(H2,20,21,22). The lowest BCUT2D eigenvalue weighted by Crippen LogP contribution is -2.39. The largest absolute Gasteiger partial charge is 0.382 e. The van der Waals surface area contributed by atoms with E-state index in [1.807, 2.05) is 13.0 Å². The first kappa shape index (κ1) is 18.7. The van der Waals surface area contributed by atoms with Crippen LogP contribution in [0.25, 0.3) is 0 Å². The Morgan fingerprint density at radius 1 is 1.25 bits per heavy atom. The van der Waals surface area contributed by atoms with Crippen molar-refractivity contribution in [2.45, 2.75) is 25.2 Å². The zero-order valence-corrected chi connectivity index (χ0v) is 14.6. The Hall–Kier alpha value is -1.66. The molecule has 1 aromatic rings. The molecule has 0 spiro atoms. The van der Waals surface area contributed by atoms with E-state index in [4.69, 9.17) is 9.47 Å². The molecule has 1 fully saturated rings. The summed E-state index contributed by atoms with van der Waals surface area (Å²) in [5, 5.41) is 6.49. The molecule has 0 saturated heterocycles. The molecular formula is C18H28FN3O2. The number of methoxy groups -OCH3 is 1. The average Bonchev–Trinajstić information content (AvgIpc) is 3.37. The van der Waals surface area contributed by atoms with Gasteiger partial charge in [-0.05, 0) is 37.5 Å². The zero-order chi connectivity index (χ0) is 17.3. The number of benzene rings is 1. The molecule has 0 atom stereocenters. The number of hydrogen-bond donors (Lipinski definition) is 2. The minimum absolute atomic E-state index is 0.000579. The van der Waals surface area contributed by atoms with Crippen molar-refractivity contribution in [3.63, 3.8) is 0 Å². The van der Waals surface area contributed by atoms with Gasteiger partial charge in [0.1, 0.15) is 5.82 Å². The molecule has 1 saturated carbocycles. The highest BCUT2D eigenvalue weighted by Crippen LogP contribution is 2.48. The van der Waals surface area contributed by atoms with Crippen LogP contribution >= 0.6 is 0 Å². The van der Waals surface area contributed by atoms with Crippen molar-refractivity contribution in [2.24, 2.45) is 4.99 Å². The molecule has 2 N–H and O–H groups in total. The van der Waals surface area contributed by atoms with E-state index in [9.17, 15) is 4.39 Å². The van der Waals surface area contributed by atoms with Gasteiger partial charge < -0.3 is 20.1 Å². The second kappa shape index (κ2) is 9.59. The first-order valence-electron chi connectivity index (χ1n) is 8.55. The second-order valence-electron chi connectivity index (χ2n) is 6.02. The Balaban J connectivity index is 1.84. The van der Waals surface area contributed by atoms with Crippen molar-refractivity contribution < 1.29 is 13.9 Å². The van der Waals surface area contributed by atoms with Crippen LogP contribution < -0.4 is 10.6 Å². The summed E-state index contributed by atoms with van der Waals surface area (Å²) in [5.41, 5.74) is 1.05. The topological polar surface area (TPSA) is 54.9 Å². The fraction of sp³-hybridized carbons (Fsp3) is 0.611. The number of aliphatic imine (C=N–C) groups is 1. The zero-order valence-electron chi connectivity index (χ0n) is 14.6. The predicted molar refractivity (Wildman–Crippen MR) is 94.0 cm³/mol. The Labute approximate surface area is 143 Å². The molecule has 1 aliphatic rings. The number of guanidine groups is 1. The number of ether oxygens (including phenoxy) is 2. The molecule has 0 heterocycles. The highest BCUT2D eigenvalue weighted by molar-refractivity contribution is 5.79. The molecule has 24 heavy (non-hydrogen) atoms. The third-order valence-corrected chi connectivity index (χ3v) is 4.15. The van der Waals surface area contributed by atoms with E-state index in [-0.39, 0.29) is 11.2 Å². The van der Waals surface area contributed by atoms with E-state index >= 15 is 0 Å². The Kier molecular flexibility index (Phi) is 7.46. The van der Waals surface area contributed by atoms with Gasteiger partial charge >= 0.3 is 0 Å². The molecule has 0 aromatic heterocycles. The van der Waals surface area contributed by atoms with Gasteiger partial charge in [0.05, 0.1) is 26.4 Å². The summed E-state index contributed by atoms with van der Waals surface area (Å²) in [6, 6.07) is 6.88. The predicted octanol–water partition coefficient (Wildman–Crippen LogP) is 2.08. The van der Waals surface area contributed by atoms with Gasteiger partial charge in [-0.1, -0.05) is 12.1 Å². The summed E-state index contributed by atoms with van der Waals surface area (Å²) in [5.74, 6) is 0.594. The van der Waals surface area contributed by atoms with E-state index in [0.717, 1.165) is 30.9 Å². The molecule has 0 amide bonds. The number of rotatable bonds is 10. The summed E-state index contributed by atoms with van der Waals surface area (Å²) >= 11 is 0. The smallest absolute Gasteiger partial charge is 0.191 e. The number of hydrogen-bond acceptors (Lipinski definition) is 3. The van der Waals surface area contributed by atoms with Crippen molar-refractivity contribution in [1.29, 1.82) is 0 Å². The Bertz CT molecular complexity index is 533. The summed E-state index contributed by atoms with van der Waals surface area (Å²) in [7, 11) is 1.66. The Morgan fingerprint density at radius 2 is 2.08 bits per heavy atom. The van der Waals surface area contributed by atoms with Crippen LogP contribution in [0.2, 0.25) is 0 Å². The molecule has 134 valence electrons. The lowest BCUT2D eigenvalue weighted by Gasteiger charge is -2.16. The van der Waals surface area contributed by atoms with Gasteiger partial charge in [-0.2, -0.15) is 0 Å². The normalized spacial score (nSPS) is 16.0. The number of halogens is 1. The van der Waals surface area contributed by atoms with Crippen LogP contribution in [0.15, 0.2) is 29.3 Å². The maximum atomic E-state index is 13.5. The molecule has 6 heteroatoms. The molecule has 0 radical (unpaired) electrons. The fourth-order valence-electron chi connectivity index (χ4n) is 2.57.